The fraction of sp³-hybridized carbons (Fsp3) is 0.273. The van der Waals surface area contributed by atoms with Gasteiger partial charge in [0, 0.05) is 6.42 Å². The number of benzene rings is 2. The number of rotatable bonds is 8. The molecule has 168 valence electrons. The topological polar surface area (TPSA) is 85.4 Å². The average Bonchev–Trinajstić information content (AvgIpc) is 3.16. The first-order chi connectivity index (χ1) is 15.2. The predicted molar refractivity (Wildman–Crippen MR) is 113 cm³/mol. The summed E-state index contributed by atoms with van der Waals surface area (Å²) in [4.78, 5) is 39.7. The zero-order valence-electron chi connectivity index (χ0n) is 16.9. The third-order valence-corrected chi connectivity index (χ3v) is 5.67. The molecule has 1 aromatic heterocycles. The van der Waals surface area contributed by atoms with Crippen molar-refractivity contribution in [1.29, 1.82) is 0 Å². The SMILES string of the molecule is COC(=O)C(CC(=O)CNC(=O)Cc1nc2ccc(-c3ccccc3)cc2s1)C(F)(F)F. The third kappa shape index (κ3) is 5.91. The van der Waals surface area contributed by atoms with Crippen molar-refractivity contribution >= 4 is 39.2 Å². The highest BCUT2D eigenvalue weighted by Crippen LogP contribution is 2.30. The van der Waals surface area contributed by atoms with Gasteiger partial charge in [-0.15, -0.1) is 11.3 Å². The Bertz CT molecular complexity index is 1130. The second kappa shape index (κ2) is 9.90. The van der Waals surface area contributed by atoms with Crippen LogP contribution in [0.25, 0.3) is 21.3 Å². The van der Waals surface area contributed by atoms with E-state index in [1.54, 1.807) is 0 Å². The van der Waals surface area contributed by atoms with Gasteiger partial charge in [-0.3, -0.25) is 14.4 Å². The standard InChI is InChI=1S/C22H19F3N2O4S/c1-31-21(30)16(22(23,24)25)10-15(28)12-26-19(29)11-20-27-17-8-7-14(9-18(17)32-20)13-5-3-2-4-6-13/h2-9,16H,10-12H2,1H3,(H,26,29). The molecule has 0 aliphatic heterocycles. The van der Waals surface area contributed by atoms with Crippen LogP contribution in [-0.4, -0.2) is 42.5 Å². The molecule has 1 N–H and O–H groups in total. The number of thiazole rings is 1. The maximum Gasteiger partial charge on any atom is 0.402 e. The number of ether oxygens (including phenoxy) is 1. The van der Waals surface area contributed by atoms with Crippen LogP contribution in [0.4, 0.5) is 13.2 Å². The molecule has 6 nitrogen and oxygen atoms in total. The first-order valence-corrected chi connectivity index (χ1v) is 10.4. The highest BCUT2D eigenvalue weighted by Gasteiger charge is 2.46. The summed E-state index contributed by atoms with van der Waals surface area (Å²) in [7, 11) is 0.814. The summed E-state index contributed by atoms with van der Waals surface area (Å²) in [6, 6.07) is 15.5. The molecule has 0 radical (unpaired) electrons. The predicted octanol–water partition coefficient (Wildman–Crippen LogP) is 3.93. The molecule has 1 atom stereocenters. The second-order valence-electron chi connectivity index (χ2n) is 6.97. The minimum Gasteiger partial charge on any atom is -0.469 e. The van der Waals surface area contributed by atoms with Crippen LogP contribution in [0.1, 0.15) is 11.4 Å². The van der Waals surface area contributed by atoms with Gasteiger partial charge in [0.2, 0.25) is 5.91 Å². The Morgan fingerprint density at radius 1 is 1.09 bits per heavy atom. The summed E-state index contributed by atoms with van der Waals surface area (Å²) in [6.45, 7) is -0.620. The van der Waals surface area contributed by atoms with Gasteiger partial charge < -0.3 is 10.1 Å². The molecule has 32 heavy (non-hydrogen) atoms. The van der Waals surface area contributed by atoms with Gasteiger partial charge in [0.1, 0.15) is 5.01 Å². The van der Waals surface area contributed by atoms with E-state index < -0.39 is 42.7 Å². The molecule has 1 unspecified atom stereocenters. The largest absolute Gasteiger partial charge is 0.469 e. The number of Topliss-reactive ketones (excluding diaryl/α,β-unsaturated/α-hetero) is 1. The molecule has 0 bridgehead atoms. The Hall–Kier alpha value is -3.27. The van der Waals surface area contributed by atoms with Crippen LogP contribution in [0.2, 0.25) is 0 Å². The molecular formula is C22H19F3N2O4S. The number of nitrogens with one attached hydrogen (secondary N) is 1. The van der Waals surface area contributed by atoms with Gasteiger partial charge in [0.15, 0.2) is 11.7 Å². The minimum absolute atomic E-state index is 0.118. The summed E-state index contributed by atoms with van der Waals surface area (Å²) in [6.07, 6.45) is -6.13. The Labute approximate surface area is 185 Å². The van der Waals surface area contributed by atoms with Crippen molar-refractivity contribution in [1.82, 2.24) is 10.3 Å². The first kappa shape index (κ1) is 23.4. The number of hydrogen-bond donors (Lipinski definition) is 1. The normalized spacial score (nSPS) is 12.4. The van der Waals surface area contributed by atoms with Crippen molar-refractivity contribution in [2.75, 3.05) is 13.7 Å². The van der Waals surface area contributed by atoms with Crippen molar-refractivity contribution in [2.24, 2.45) is 5.92 Å². The van der Waals surface area contributed by atoms with E-state index in [1.807, 2.05) is 48.5 Å². The molecule has 10 heteroatoms. The summed E-state index contributed by atoms with van der Waals surface area (Å²) in [5.41, 5.74) is 2.78. The van der Waals surface area contributed by atoms with Crippen molar-refractivity contribution in [3.05, 3.63) is 53.5 Å². The molecule has 3 aromatic rings. The number of amides is 1. The number of methoxy groups -OCH3 is 1. The number of aromatic nitrogens is 1. The van der Waals surface area contributed by atoms with Crippen LogP contribution in [0.3, 0.4) is 0 Å². The molecule has 0 fully saturated rings. The number of esters is 1. The van der Waals surface area contributed by atoms with Gasteiger partial charge in [-0.05, 0) is 23.3 Å². The lowest BCUT2D eigenvalue weighted by molar-refractivity contribution is -0.197. The molecular weight excluding hydrogens is 445 g/mol. The number of halogens is 3. The Balaban J connectivity index is 1.58. The highest BCUT2D eigenvalue weighted by molar-refractivity contribution is 7.18. The molecule has 0 saturated carbocycles. The number of alkyl halides is 3. The summed E-state index contributed by atoms with van der Waals surface area (Å²) < 4.78 is 43.7. The van der Waals surface area contributed by atoms with Crippen molar-refractivity contribution in [3.8, 4) is 11.1 Å². The third-order valence-electron chi connectivity index (χ3n) is 4.65. The van der Waals surface area contributed by atoms with Crippen LogP contribution < -0.4 is 5.32 Å². The zero-order valence-corrected chi connectivity index (χ0v) is 17.8. The number of nitrogens with zero attached hydrogens (tertiary/aromatic N) is 1. The molecule has 1 amide bonds. The highest BCUT2D eigenvalue weighted by atomic mass is 32.1. The summed E-state index contributed by atoms with van der Waals surface area (Å²) in [5, 5.41) is 2.80. The smallest absolute Gasteiger partial charge is 0.402 e. The monoisotopic (exact) mass is 464 g/mol. The van der Waals surface area contributed by atoms with Gasteiger partial charge >= 0.3 is 12.1 Å². The molecule has 0 aliphatic carbocycles. The van der Waals surface area contributed by atoms with Crippen LogP contribution >= 0.6 is 11.3 Å². The molecule has 2 aromatic carbocycles. The maximum atomic E-state index is 12.9. The molecule has 0 aliphatic rings. The van der Waals surface area contributed by atoms with E-state index in [0.717, 1.165) is 28.5 Å². The van der Waals surface area contributed by atoms with Crippen LogP contribution in [0.15, 0.2) is 48.5 Å². The van der Waals surface area contributed by atoms with Gasteiger partial charge in [-0.25, -0.2) is 4.98 Å². The lowest BCUT2D eigenvalue weighted by Crippen LogP contribution is -2.37. The van der Waals surface area contributed by atoms with Gasteiger partial charge in [0.25, 0.3) is 0 Å². The van der Waals surface area contributed by atoms with E-state index >= 15 is 0 Å². The molecule has 0 saturated heterocycles. The van der Waals surface area contributed by atoms with Crippen LogP contribution in [-0.2, 0) is 25.5 Å². The van der Waals surface area contributed by atoms with E-state index in [4.69, 9.17) is 0 Å². The quantitative estimate of drug-likeness (QED) is 0.511. The van der Waals surface area contributed by atoms with Crippen molar-refractivity contribution < 1.29 is 32.3 Å². The lowest BCUT2D eigenvalue weighted by Gasteiger charge is -2.17. The van der Waals surface area contributed by atoms with Crippen LogP contribution in [0.5, 0.6) is 0 Å². The Morgan fingerprint density at radius 2 is 1.81 bits per heavy atom. The zero-order chi connectivity index (χ0) is 23.3. The number of hydrogen-bond acceptors (Lipinski definition) is 6. The van der Waals surface area contributed by atoms with E-state index in [-0.39, 0.29) is 6.42 Å². The van der Waals surface area contributed by atoms with E-state index in [9.17, 15) is 27.6 Å². The van der Waals surface area contributed by atoms with Crippen LogP contribution in [0, 0.1) is 5.92 Å². The average molecular weight is 464 g/mol. The Morgan fingerprint density at radius 3 is 2.47 bits per heavy atom. The van der Waals surface area contributed by atoms with Gasteiger partial charge in [-0.1, -0.05) is 36.4 Å². The van der Waals surface area contributed by atoms with Crippen molar-refractivity contribution in [3.63, 3.8) is 0 Å². The van der Waals surface area contributed by atoms with Crippen molar-refractivity contribution in [2.45, 2.75) is 19.0 Å². The van der Waals surface area contributed by atoms with E-state index in [1.165, 1.54) is 11.3 Å². The Kier molecular flexibility index (Phi) is 7.24. The fourth-order valence-electron chi connectivity index (χ4n) is 3.03. The lowest BCUT2D eigenvalue weighted by atomic mass is 10.0. The first-order valence-electron chi connectivity index (χ1n) is 9.55. The van der Waals surface area contributed by atoms with Gasteiger partial charge in [0.05, 0.1) is 30.3 Å². The number of ketones is 1. The fourth-order valence-corrected chi connectivity index (χ4v) is 4.04. The molecule has 0 spiro atoms. The number of carbonyl (C=O) groups excluding carboxylic acids is 3. The number of fused-ring (bicyclic) bond motifs is 1. The van der Waals surface area contributed by atoms with Gasteiger partial charge in [-0.2, -0.15) is 13.2 Å². The van der Waals surface area contributed by atoms with E-state index in [0.29, 0.717) is 5.01 Å². The summed E-state index contributed by atoms with van der Waals surface area (Å²) >= 11 is 1.32. The minimum atomic E-state index is -4.91. The van der Waals surface area contributed by atoms with E-state index in [2.05, 4.69) is 15.0 Å². The molecule has 1 heterocycles. The molecule has 3 rings (SSSR count). The maximum absolute atomic E-state index is 12.9. The second-order valence-corrected chi connectivity index (χ2v) is 8.08. The number of carbonyl (C=O) groups is 3. The summed E-state index contributed by atoms with van der Waals surface area (Å²) in [5.74, 6) is -5.58.